The number of fused-ring (bicyclic) bond motifs is 3. The fourth-order valence-corrected chi connectivity index (χ4v) is 6.57. The lowest BCUT2D eigenvalue weighted by atomic mass is 9.67. The molecule has 8 heteroatoms. The first kappa shape index (κ1) is 19.7. The Morgan fingerprint density at radius 3 is 2.57 bits per heavy atom. The zero-order valence-corrected chi connectivity index (χ0v) is 17.7. The molecule has 8 nitrogen and oxygen atoms in total. The van der Waals surface area contributed by atoms with E-state index in [0.29, 0.717) is 42.3 Å². The first-order valence-corrected chi connectivity index (χ1v) is 10.3. The number of nitrogens with one attached hydrogen (secondary N) is 1. The van der Waals surface area contributed by atoms with E-state index < -0.39 is 11.0 Å². The number of allylic oxidation sites excluding steroid dienone is 1. The monoisotopic (exact) mass is 416 g/mol. The number of methoxy groups -OCH3 is 3. The van der Waals surface area contributed by atoms with Crippen molar-refractivity contribution in [2.24, 2.45) is 5.92 Å². The van der Waals surface area contributed by atoms with Gasteiger partial charge in [0, 0.05) is 36.2 Å². The standard InChI is InChI=1S/C22H28N2O6/c1-5-11-9-24-15-6-12(11)22(27,10-25)16(24)8-21(15)17-18(23-20(21)26)13(28-2)7-14(29-3)19(17)30-4/h5,7,12,15-16,25,27H,6,8-10H2,1-4H3,(H,23,26)/t12-,15-,16-,21+,22-/m1/s1. The van der Waals surface area contributed by atoms with Gasteiger partial charge in [-0.15, -0.1) is 0 Å². The number of carbonyl (C=O) groups excluding carboxylic acids is 1. The quantitative estimate of drug-likeness (QED) is 0.631. The second-order valence-electron chi connectivity index (χ2n) is 8.70. The van der Waals surface area contributed by atoms with Crippen LogP contribution < -0.4 is 19.5 Å². The van der Waals surface area contributed by atoms with E-state index in [1.54, 1.807) is 27.4 Å². The lowest BCUT2D eigenvalue weighted by Gasteiger charge is -2.56. The third kappa shape index (κ3) is 2.04. The number of aliphatic hydroxyl groups excluding tert-OH is 1. The van der Waals surface area contributed by atoms with Crippen molar-refractivity contribution in [1.82, 2.24) is 4.90 Å². The Labute approximate surface area is 175 Å². The highest BCUT2D eigenvalue weighted by molar-refractivity contribution is 6.10. The van der Waals surface area contributed by atoms with Gasteiger partial charge in [-0.2, -0.15) is 0 Å². The Morgan fingerprint density at radius 1 is 1.23 bits per heavy atom. The SMILES string of the molecule is CC=C1CN2[C@@H]3C[C@]4(C(=O)Nc5c(OC)cc(OC)c(OC)c54)[C@H]2C[C@H]1[C@]3(O)CO. The molecule has 3 N–H and O–H groups in total. The van der Waals surface area contributed by atoms with Crippen LogP contribution >= 0.6 is 0 Å². The molecule has 1 aromatic rings. The summed E-state index contributed by atoms with van der Waals surface area (Å²) in [6.07, 6.45) is 3.01. The molecule has 1 spiro atoms. The molecule has 0 radical (unpaired) electrons. The van der Waals surface area contributed by atoms with Gasteiger partial charge < -0.3 is 29.7 Å². The van der Waals surface area contributed by atoms with Crippen LogP contribution in [-0.2, 0) is 10.2 Å². The maximum atomic E-state index is 13.6. The third-order valence-electron chi connectivity index (χ3n) is 7.90. The van der Waals surface area contributed by atoms with Crippen molar-refractivity contribution in [2.45, 2.75) is 42.9 Å². The van der Waals surface area contributed by atoms with Crippen LogP contribution in [0.1, 0.15) is 25.3 Å². The molecule has 4 fully saturated rings. The van der Waals surface area contributed by atoms with Crippen LogP contribution in [0.25, 0.3) is 0 Å². The minimum absolute atomic E-state index is 0.116. The summed E-state index contributed by atoms with van der Waals surface area (Å²) < 4.78 is 16.9. The Hall–Kier alpha value is -2.29. The molecule has 1 aromatic carbocycles. The van der Waals surface area contributed by atoms with Crippen LogP contribution in [0.5, 0.6) is 17.2 Å². The molecule has 4 saturated heterocycles. The number of anilines is 1. The number of hydrogen-bond acceptors (Lipinski definition) is 7. The number of rotatable bonds is 4. The first-order chi connectivity index (χ1) is 14.4. The summed E-state index contributed by atoms with van der Waals surface area (Å²) in [6, 6.07) is 1.27. The van der Waals surface area contributed by atoms with Crippen LogP contribution in [-0.4, -0.2) is 73.2 Å². The van der Waals surface area contributed by atoms with E-state index in [9.17, 15) is 15.0 Å². The van der Waals surface area contributed by atoms with Gasteiger partial charge in [0.05, 0.1) is 39.0 Å². The Morgan fingerprint density at radius 2 is 1.97 bits per heavy atom. The summed E-state index contributed by atoms with van der Waals surface area (Å²) in [4.78, 5) is 15.8. The van der Waals surface area contributed by atoms with Gasteiger partial charge in [0.1, 0.15) is 11.4 Å². The van der Waals surface area contributed by atoms with Crippen molar-refractivity contribution >= 4 is 11.6 Å². The summed E-state index contributed by atoms with van der Waals surface area (Å²) in [5.74, 6) is 1.22. The molecule has 0 saturated carbocycles. The molecule has 1 unspecified atom stereocenters. The number of amides is 1. The fraction of sp³-hybridized carbons (Fsp3) is 0.591. The molecule has 1 amide bonds. The highest BCUT2D eigenvalue weighted by Crippen LogP contribution is 2.65. The van der Waals surface area contributed by atoms with Gasteiger partial charge in [-0.25, -0.2) is 0 Å². The lowest BCUT2D eigenvalue weighted by Crippen LogP contribution is -2.68. The molecule has 162 valence electrons. The summed E-state index contributed by atoms with van der Waals surface area (Å²) in [7, 11) is 4.68. The largest absolute Gasteiger partial charge is 0.494 e. The van der Waals surface area contributed by atoms with Crippen molar-refractivity contribution < 1.29 is 29.2 Å². The first-order valence-electron chi connectivity index (χ1n) is 10.3. The van der Waals surface area contributed by atoms with Crippen LogP contribution in [0.3, 0.4) is 0 Å². The molecule has 0 aliphatic carbocycles. The van der Waals surface area contributed by atoms with Gasteiger partial charge in [-0.05, 0) is 19.8 Å². The zero-order valence-electron chi connectivity index (χ0n) is 17.7. The number of nitrogens with zero attached hydrogens (tertiary/aromatic N) is 1. The average molecular weight is 416 g/mol. The smallest absolute Gasteiger partial charge is 0.237 e. The molecular weight excluding hydrogens is 388 g/mol. The molecular formula is C22H28N2O6. The second kappa shape index (κ2) is 6.35. The van der Waals surface area contributed by atoms with E-state index in [0.717, 1.165) is 11.1 Å². The topological polar surface area (TPSA) is 100 Å². The number of ether oxygens (including phenoxy) is 3. The number of piperidine rings is 3. The van der Waals surface area contributed by atoms with Gasteiger partial charge in [0.15, 0.2) is 11.5 Å². The van der Waals surface area contributed by atoms with E-state index in [2.05, 4.69) is 10.2 Å². The Kier molecular flexibility index (Phi) is 4.16. The van der Waals surface area contributed by atoms with Crippen molar-refractivity contribution in [2.75, 3.05) is 39.8 Å². The second-order valence-corrected chi connectivity index (χ2v) is 8.70. The van der Waals surface area contributed by atoms with Gasteiger partial charge in [0.2, 0.25) is 5.91 Å². The predicted molar refractivity (Wildman–Crippen MR) is 109 cm³/mol. The number of benzene rings is 1. The van der Waals surface area contributed by atoms with Crippen molar-refractivity contribution in [1.29, 1.82) is 0 Å². The van der Waals surface area contributed by atoms with Crippen LogP contribution in [0.4, 0.5) is 5.69 Å². The molecule has 0 aromatic heterocycles. The van der Waals surface area contributed by atoms with E-state index in [1.807, 2.05) is 13.0 Å². The summed E-state index contributed by atoms with van der Waals surface area (Å²) in [5.41, 5.74) is 0.256. The molecule has 30 heavy (non-hydrogen) atoms. The Balaban J connectivity index is 1.75. The van der Waals surface area contributed by atoms with Crippen LogP contribution in [0, 0.1) is 5.92 Å². The molecule has 4 bridgehead atoms. The summed E-state index contributed by atoms with van der Waals surface area (Å²) in [6.45, 7) is 2.31. The lowest BCUT2D eigenvalue weighted by molar-refractivity contribution is -0.153. The molecule has 5 aliphatic heterocycles. The van der Waals surface area contributed by atoms with Crippen molar-refractivity contribution in [3.63, 3.8) is 0 Å². The number of hydrogen-bond donors (Lipinski definition) is 3. The fourth-order valence-electron chi connectivity index (χ4n) is 6.57. The van der Waals surface area contributed by atoms with E-state index in [4.69, 9.17) is 14.2 Å². The molecule has 5 aliphatic rings. The van der Waals surface area contributed by atoms with Gasteiger partial charge in [-0.1, -0.05) is 11.6 Å². The minimum atomic E-state index is -1.28. The molecule has 5 heterocycles. The van der Waals surface area contributed by atoms with E-state index in [1.165, 1.54) is 0 Å². The molecule has 6 rings (SSSR count). The van der Waals surface area contributed by atoms with Gasteiger partial charge in [-0.3, -0.25) is 9.69 Å². The summed E-state index contributed by atoms with van der Waals surface area (Å²) in [5, 5.41) is 24.7. The minimum Gasteiger partial charge on any atom is -0.494 e. The average Bonchev–Trinajstić information content (AvgIpc) is 3.23. The maximum Gasteiger partial charge on any atom is 0.237 e. The highest BCUT2D eigenvalue weighted by Gasteiger charge is 2.72. The number of carbonyl (C=O) groups is 1. The molecule has 6 atom stereocenters. The van der Waals surface area contributed by atoms with Crippen molar-refractivity contribution in [3.8, 4) is 17.2 Å². The maximum absolute atomic E-state index is 13.6. The van der Waals surface area contributed by atoms with Crippen LogP contribution in [0.2, 0.25) is 0 Å². The number of aliphatic hydroxyl groups is 2. The predicted octanol–water partition coefficient (Wildman–Crippen LogP) is 1.05. The zero-order chi connectivity index (χ0) is 21.4. The third-order valence-corrected chi connectivity index (χ3v) is 7.90. The van der Waals surface area contributed by atoms with Crippen molar-refractivity contribution in [3.05, 3.63) is 23.3 Å². The Bertz CT molecular complexity index is 961. The summed E-state index contributed by atoms with van der Waals surface area (Å²) >= 11 is 0. The normalized spacial score (nSPS) is 39.4. The van der Waals surface area contributed by atoms with Gasteiger partial charge >= 0.3 is 0 Å². The highest BCUT2D eigenvalue weighted by atomic mass is 16.5. The van der Waals surface area contributed by atoms with E-state index in [-0.39, 0.29) is 30.5 Å². The van der Waals surface area contributed by atoms with Crippen LogP contribution in [0.15, 0.2) is 17.7 Å². The van der Waals surface area contributed by atoms with E-state index >= 15 is 0 Å². The van der Waals surface area contributed by atoms with Gasteiger partial charge in [0.25, 0.3) is 0 Å².